The van der Waals surface area contributed by atoms with E-state index in [1.165, 1.54) is 59.2 Å². The molecule has 2 saturated carbocycles. The average Bonchev–Trinajstić information content (AvgIpc) is 2.94. The quantitative estimate of drug-likeness (QED) is 0.406. The van der Waals surface area contributed by atoms with Crippen LogP contribution in [0, 0.1) is 65.4 Å². The van der Waals surface area contributed by atoms with E-state index in [1.807, 2.05) is 12.1 Å². The van der Waals surface area contributed by atoms with Crippen molar-refractivity contribution in [2.45, 2.75) is 69.2 Å². The molecule has 1 heterocycles. The fraction of sp³-hybridized carbons (Fsp3) is 0.400. The van der Waals surface area contributed by atoms with Gasteiger partial charge in [-0.2, -0.15) is 18.2 Å². The van der Waals surface area contributed by atoms with Crippen molar-refractivity contribution >= 4 is 0 Å². The molecule has 0 N–H and O–H groups in total. The smallest absolute Gasteiger partial charge is 0.394 e. The molecule has 1 nitrogen and oxygen atoms in total. The van der Waals surface area contributed by atoms with Crippen molar-refractivity contribution in [1.82, 2.24) is 4.98 Å². The summed E-state index contributed by atoms with van der Waals surface area (Å²) < 4.78 is 0. The van der Waals surface area contributed by atoms with Gasteiger partial charge in [-0.1, -0.05) is 81.6 Å². The number of nitrogens with zero attached hydrogens (tertiary/aromatic N) is 1. The summed E-state index contributed by atoms with van der Waals surface area (Å²) >= 11 is 0. The van der Waals surface area contributed by atoms with Crippen LogP contribution in [-0.2, 0) is 32.7 Å². The Kier molecular flexibility index (Phi) is 12.9. The second-order valence-corrected chi connectivity index (χ2v) is 7.21. The molecule has 10 radical (unpaired) electrons. The van der Waals surface area contributed by atoms with E-state index in [2.05, 4.69) is 80.4 Å². The summed E-state index contributed by atoms with van der Waals surface area (Å²) in [7, 11) is 0. The first-order valence-electron chi connectivity index (χ1n) is 9.27. The fourth-order valence-electron chi connectivity index (χ4n) is 3.09. The van der Waals surface area contributed by atoms with E-state index in [0.717, 1.165) is 0 Å². The molecule has 3 rings (SSSR count). The zero-order chi connectivity index (χ0) is 20.0. The van der Waals surface area contributed by atoms with E-state index in [4.69, 9.17) is 0 Å². The van der Waals surface area contributed by atoms with Crippen molar-refractivity contribution in [3.05, 3.63) is 89.8 Å². The van der Waals surface area contributed by atoms with E-state index in [-0.39, 0.29) is 32.7 Å². The molecule has 0 saturated heterocycles. The van der Waals surface area contributed by atoms with E-state index in [0.29, 0.717) is 0 Å². The van der Waals surface area contributed by atoms with Gasteiger partial charge in [0.05, 0.1) is 0 Å². The topological polar surface area (TPSA) is 12.9 Å². The SMILES string of the molecule is C[C]1[C](C)[C](C)[C](C)[C]1C.C[C]1[C](C)[C](C)[C](C)[C]1C.[Y+3].[c-]1ccccn1. The van der Waals surface area contributed by atoms with Gasteiger partial charge in [0.1, 0.15) is 0 Å². The van der Waals surface area contributed by atoms with Crippen LogP contribution in [0.15, 0.2) is 24.4 Å². The molecule has 2 aliphatic rings. The van der Waals surface area contributed by atoms with Gasteiger partial charge < -0.3 is 4.98 Å². The zero-order valence-corrected chi connectivity index (χ0v) is 21.7. The maximum absolute atomic E-state index is 3.66. The van der Waals surface area contributed by atoms with E-state index in [1.54, 1.807) is 12.3 Å². The number of hydrogen-bond donors (Lipinski definition) is 0. The van der Waals surface area contributed by atoms with Crippen LogP contribution in [0.1, 0.15) is 69.2 Å². The van der Waals surface area contributed by atoms with Gasteiger partial charge in [-0.25, -0.2) is 0 Å². The molecular formula is C25H34NY+2. The minimum absolute atomic E-state index is 0. The Bertz CT molecular complexity index is 344. The summed E-state index contributed by atoms with van der Waals surface area (Å²) in [6.45, 7) is 22.0. The van der Waals surface area contributed by atoms with Crippen LogP contribution in [-0.4, -0.2) is 4.98 Å². The molecular weight excluding hydrogens is 403 g/mol. The summed E-state index contributed by atoms with van der Waals surface area (Å²) in [5, 5.41) is 0. The Morgan fingerprint density at radius 1 is 0.481 bits per heavy atom. The third-order valence-corrected chi connectivity index (χ3v) is 6.14. The Morgan fingerprint density at radius 3 is 0.815 bits per heavy atom. The molecule has 0 bridgehead atoms. The molecule has 2 heteroatoms. The van der Waals surface area contributed by atoms with Gasteiger partial charge in [0.25, 0.3) is 0 Å². The fourth-order valence-corrected chi connectivity index (χ4v) is 3.09. The molecule has 1 aromatic rings. The van der Waals surface area contributed by atoms with Gasteiger partial charge >= 0.3 is 32.7 Å². The first kappa shape index (κ1) is 27.3. The second kappa shape index (κ2) is 12.7. The van der Waals surface area contributed by atoms with Crippen molar-refractivity contribution in [2.75, 3.05) is 0 Å². The van der Waals surface area contributed by atoms with Crippen molar-refractivity contribution in [3.63, 3.8) is 0 Å². The minimum atomic E-state index is 0. The van der Waals surface area contributed by atoms with Gasteiger partial charge in [-0.15, -0.1) is 0 Å². The van der Waals surface area contributed by atoms with Crippen LogP contribution >= 0.6 is 0 Å². The van der Waals surface area contributed by atoms with E-state index in [9.17, 15) is 0 Å². The number of hydrogen-bond acceptors (Lipinski definition) is 1. The van der Waals surface area contributed by atoms with Gasteiger partial charge in [0.15, 0.2) is 0 Å². The molecule has 0 unspecified atom stereocenters. The molecule has 0 atom stereocenters. The van der Waals surface area contributed by atoms with Crippen LogP contribution in [0.4, 0.5) is 0 Å². The van der Waals surface area contributed by atoms with Gasteiger partial charge in [-0.05, 0) is 59.2 Å². The molecule has 0 amide bonds. The maximum Gasteiger partial charge on any atom is 3.00 e. The predicted octanol–water partition coefficient (Wildman–Crippen LogP) is 6.82. The monoisotopic (exact) mass is 437 g/mol. The van der Waals surface area contributed by atoms with Crippen LogP contribution in [0.2, 0.25) is 0 Å². The van der Waals surface area contributed by atoms with Gasteiger partial charge in [-0.3, -0.25) is 0 Å². The minimum Gasteiger partial charge on any atom is -0.394 e. The van der Waals surface area contributed by atoms with E-state index < -0.39 is 0 Å². The third-order valence-electron chi connectivity index (χ3n) is 6.14. The molecule has 0 aliphatic heterocycles. The molecule has 27 heavy (non-hydrogen) atoms. The van der Waals surface area contributed by atoms with Crippen LogP contribution in [0.25, 0.3) is 0 Å². The Morgan fingerprint density at radius 2 is 0.741 bits per heavy atom. The van der Waals surface area contributed by atoms with Crippen molar-refractivity contribution in [3.8, 4) is 0 Å². The van der Waals surface area contributed by atoms with Crippen molar-refractivity contribution in [1.29, 1.82) is 0 Å². The largest absolute Gasteiger partial charge is 3.00 e. The molecule has 2 fully saturated rings. The van der Waals surface area contributed by atoms with Crippen molar-refractivity contribution < 1.29 is 32.7 Å². The number of aromatic nitrogens is 1. The standard InChI is InChI=1S/2C10H15.C5H4N.Y/c2*1-6-7(2)9(4)10(5)8(6)3;1-2-4-6-5-3-1;/h2*1-5H3;1-4H;/q;;-1;+3. The van der Waals surface area contributed by atoms with Crippen molar-refractivity contribution in [2.24, 2.45) is 0 Å². The van der Waals surface area contributed by atoms with Crippen LogP contribution in [0.5, 0.6) is 0 Å². The summed E-state index contributed by atoms with van der Waals surface area (Å²) in [6, 6.07) is 5.50. The number of pyridine rings is 1. The summed E-state index contributed by atoms with van der Waals surface area (Å²) in [4.78, 5) is 3.66. The molecule has 1 aromatic heterocycles. The Labute approximate surface area is 195 Å². The molecule has 2 aliphatic carbocycles. The van der Waals surface area contributed by atoms with Crippen LogP contribution < -0.4 is 0 Å². The summed E-state index contributed by atoms with van der Waals surface area (Å²) in [5.41, 5.74) is 0. The zero-order valence-electron chi connectivity index (χ0n) is 18.8. The Hall–Kier alpha value is 0.254. The molecule has 0 aromatic carbocycles. The number of rotatable bonds is 0. The Balaban J connectivity index is 0.000000380. The first-order valence-corrected chi connectivity index (χ1v) is 9.27. The molecule has 140 valence electrons. The van der Waals surface area contributed by atoms with Gasteiger partial charge in [0.2, 0.25) is 0 Å². The second-order valence-electron chi connectivity index (χ2n) is 7.21. The normalized spacial score (nSPS) is 22.9. The summed E-state index contributed by atoms with van der Waals surface area (Å²) in [5.74, 6) is 14.7. The summed E-state index contributed by atoms with van der Waals surface area (Å²) in [6.07, 6.45) is 4.34. The van der Waals surface area contributed by atoms with E-state index >= 15 is 0 Å². The van der Waals surface area contributed by atoms with Crippen LogP contribution in [0.3, 0.4) is 0 Å². The van der Waals surface area contributed by atoms with Gasteiger partial charge in [0, 0.05) is 0 Å². The third kappa shape index (κ3) is 7.22. The average molecular weight is 437 g/mol. The maximum atomic E-state index is 3.66. The molecule has 0 spiro atoms. The first-order chi connectivity index (χ1) is 12.1. The predicted molar refractivity (Wildman–Crippen MR) is 112 cm³/mol.